The molecule has 0 aromatic heterocycles. The van der Waals surface area contributed by atoms with Crippen LogP contribution in [-0.4, -0.2) is 20.4 Å². The lowest BCUT2D eigenvalue weighted by atomic mass is 9.77. The molecule has 4 aromatic carbocycles. The van der Waals surface area contributed by atoms with Crippen molar-refractivity contribution in [2.45, 2.75) is 105 Å². The van der Waals surface area contributed by atoms with Gasteiger partial charge in [0.25, 0.3) is 0 Å². The van der Waals surface area contributed by atoms with Crippen LogP contribution in [0.1, 0.15) is 128 Å². The third-order valence-electron chi connectivity index (χ3n) is 9.47. The second kappa shape index (κ2) is 11.5. The Bertz CT molecular complexity index is 1650. The van der Waals surface area contributed by atoms with Gasteiger partial charge in [0.1, 0.15) is 23.0 Å². The summed E-state index contributed by atoms with van der Waals surface area (Å²) < 4.78 is 0. The normalized spacial score (nSPS) is 14.2. The summed E-state index contributed by atoms with van der Waals surface area (Å²) >= 11 is 0. The Balaban J connectivity index is 1.90. The van der Waals surface area contributed by atoms with Gasteiger partial charge in [-0.1, -0.05) is 115 Å². The Kier molecular flexibility index (Phi) is 8.27. The maximum absolute atomic E-state index is 11.9. The maximum atomic E-state index is 11.9. The first-order valence-electron chi connectivity index (χ1n) is 16.2. The largest absolute Gasteiger partial charge is 0.507 e. The summed E-state index contributed by atoms with van der Waals surface area (Å²) in [6.45, 7) is 21.2. The van der Waals surface area contributed by atoms with Crippen LogP contribution in [-0.2, 0) is 30.1 Å². The van der Waals surface area contributed by atoms with Gasteiger partial charge in [-0.2, -0.15) is 0 Å². The van der Waals surface area contributed by atoms with Gasteiger partial charge in [0.2, 0.25) is 0 Å². The number of benzene rings is 4. The second-order valence-corrected chi connectivity index (χ2v) is 15.8. The minimum Gasteiger partial charge on any atom is -0.507 e. The molecule has 4 heteroatoms. The van der Waals surface area contributed by atoms with Crippen molar-refractivity contribution in [1.29, 1.82) is 0 Å². The highest BCUT2D eigenvalue weighted by atomic mass is 16.3. The topological polar surface area (TPSA) is 80.9 Å². The van der Waals surface area contributed by atoms with Crippen molar-refractivity contribution in [3.63, 3.8) is 0 Å². The first-order valence-corrected chi connectivity index (χ1v) is 16.2. The highest BCUT2D eigenvalue weighted by Gasteiger charge is 2.29. The van der Waals surface area contributed by atoms with E-state index >= 15 is 0 Å². The summed E-state index contributed by atoms with van der Waals surface area (Å²) in [6.07, 6.45) is 1.04. The van der Waals surface area contributed by atoms with Crippen LogP contribution in [0.25, 0.3) is 0 Å². The molecule has 0 heterocycles. The molecule has 0 aliphatic heterocycles. The summed E-state index contributed by atoms with van der Waals surface area (Å²) in [5.74, 6) is 0.586. The average molecular weight is 607 g/mol. The molecule has 5 rings (SSSR count). The third-order valence-corrected chi connectivity index (χ3v) is 9.47. The van der Waals surface area contributed by atoms with Crippen LogP contribution in [0, 0.1) is 19.8 Å². The van der Waals surface area contributed by atoms with Gasteiger partial charge in [-0.3, -0.25) is 0 Å². The molecule has 238 valence electrons. The van der Waals surface area contributed by atoms with E-state index in [1.807, 2.05) is 38.1 Å². The molecule has 4 nitrogen and oxygen atoms in total. The van der Waals surface area contributed by atoms with Crippen molar-refractivity contribution < 1.29 is 20.4 Å². The van der Waals surface area contributed by atoms with Crippen LogP contribution < -0.4 is 0 Å². The number of hydrogen-bond donors (Lipinski definition) is 4. The highest BCUT2D eigenvalue weighted by Crippen LogP contribution is 2.46. The molecule has 0 amide bonds. The summed E-state index contributed by atoms with van der Waals surface area (Å²) in [5.41, 5.74) is 9.81. The molecule has 4 N–H and O–H groups in total. The lowest BCUT2D eigenvalue weighted by molar-refractivity contribution is 0.428. The van der Waals surface area contributed by atoms with Crippen LogP contribution in [0.4, 0.5) is 0 Å². The van der Waals surface area contributed by atoms with Gasteiger partial charge < -0.3 is 20.4 Å². The standard InChI is InChI=1S/C41H50O4/c1-22(2)35-33-13-23(3)11-25(38(33)44)15-27-18-31(40(5,6)7)20-29(36(27)42)17-30-21-32(41(8,9)10)19-28(37(30)43)16-26-12-24(4)14-34(35)39(26)45/h11-14,18-22,35,42-45H,15-17H2,1-10H3. The Morgan fingerprint density at radius 1 is 0.489 bits per heavy atom. The van der Waals surface area contributed by atoms with Crippen LogP contribution in [0.15, 0.2) is 48.5 Å². The predicted octanol–water partition coefficient (Wildman–Crippen LogP) is 9.59. The number of phenolic OH excluding ortho intramolecular Hbond substituents is 4. The smallest absolute Gasteiger partial charge is 0.122 e. The van der Waals surface area contributed by atoms with Gasteiger partial charge in [-0.15, -0.1) is 0 Å². The number of aryl methyl sites for hydroxylation is 2. The van der Waals surface area contributed by atoms with E-state index in [-0.39, 0.29) is 45.7 Å². The SMILES string of the molecule is Cc1cc2c(O)c(c1)C(C(C)C)c1cc(C)cc(c1O)Cc1cc(C(C)(C)C)cc(c1O)Cc1cc(C(C)(C)C)cc(c1O)C2. The van der Waals surface area contributed by atoms with E-state index < -0.39 is 0 Å². The zero-order valence-corrected chi connectivity index (χ0v) is 28.7. The molecule has 0 radical (unpaired) electrons. The van der Waals surface area contributed by atoms with E-state index in [0.717, 1.165) is 66.8 Å². The molecule has 0 saturated carbocycles. The van der Waals surface area contributed by atoms with Crippen molar-refractivity contribution in [3.05, 3.63) is 115 Å². The van der Waals surface area contributed by atoms with Crippen LogP contribution in [0.5, 0.6) is 23.0 Å². The van der Waals surface area contributed by atoms with E-state index in [1.54, 1.807) is 0 Å². The monoisotopic (exact) mass is 606 g/mol. The fourth-order valence-electron chi connectivity index (χ4n) is 6.94. The zero-order valence-electron chi connectivity index (χ0n) is 28.7. The van der Waals surface area contributed by atoms with E-state index in [9.17, 15) is 20.4 Å². The molecular weight excluding hydrogens is 556 g/mol. The van der Waals surface area contributed by atoms with Crippen molar-refractivity contribution in [2.75, 3.05) is 0 Å². The zero-order chi connectivity index (χ0) is 33.2. The lowest BCUT2D eigenvalue weighted by Crippen LogP contribution is -2.15. The number of fused-ring (bicyclic) bond motifs is 8. The molecule has 1 aliphatic rings. The number of rotatable bonds is 1. The first-order chi connectivity index (χ1) is 20.8. The number of phenols is 4. The highest BCUT2D eigenvalue weighted by molar-refractivity contribution is 5.59. The molecule has 45 heavy (non-hydrogen) atoms. The fourth-order valence-corrected chi connectivity index (χ4v) is 6.94. The molecule has 1 aliphatic carbocycles. The molecule has 0 fully saturated rings. The van der Waals surface area contributed by atoms with Gasteiger partial charge in [0, 0.05) is 36.3 Å². The molecule has 0 spiro atoms. The molecule has 0 saturated heterocycles. The Morgan fingerprint density at radius 2 is 0.778 bits per heavy atom. The quantitative estimate of drug-likeness (QED) is 0.174. The summed E-state index contributed by atoms with van der Waals surface area (Å²) in [6, 6.07) is 16.3. The predicted molar refractivity (Wildman–Crippen MR) is 184 cm³/mol. The van der Waals surface area contributed by atoms with Crippen molar-refractivity contribution >= 4 is 0 Å². The van der Waals surface area contributed by atoms with Crippen LogP contribution in [0.2, 0.25) is 0 Å². The minimum atomic E-state index is -0.273. The van der Waals surface area contributed by atoms with Crippen LogP contribution in [0.3, 0.4) is 0 Å². The molecule has 4 aromatic rings. The van der Waals surface area contributed by atoms with Crippen molar-refractivity contribution in [3.8, 4) is 23.0 Å². The second-order valence-electron chi connectivity index (χ2n) is 15.8. The third kappa shape index (κ3) is 6.30. The lowest BCUT2D eigenvalue weighted by Gasteiger charge is -2.28. The van der Waals surface area contributed by atoms with E-state index in [4.69, 9.17) is 0 Å². The fraction of sp³-hybridized carbons (Fsp3) is 0.415. The molecule has 8 bridgehead atoms. The summed E-state index contributed by atoms with van der Waals surface area (Å²) in [5, 5.41) is 47.4. The molecular formula is C41H50O4. The summed E-state index contributed by atoms with van der Waals surface area (Å²) in [4.78, 5) is 0. The van der Waals surface area contributed by atoms with Gasteiger partial charge in [0.15, 0.2) is 0 Å². The van der Waals surface area contributed by atoms with E-state index in [1.165, 1.54) is 0 Å². The Labute approximate surface area is 269 Å². The summed E-state index contributed by atoms with van der Waals surface area (Å²) in [7, 11) is 0. The molecule has 0 atom stereocenters. The van der Waals surface area contributed by atoms with Crippen LogP contribution >= 0.6 is 0 Å². The van der Waals surface area contributed by atoms with Gasteiger partial charge in [-0.25, -0.2) is 0 Å². The van der Waals surface area contributed by atoms with Gasteiger partial charge >= 0.3 is 0 Å². The maximum Gasteiger partial charge on any atom is 0.122 e. The van der Waals surface area contributed by atoms with Gasteiger partial charge in [-0.05, 0) is 75.1 Å². The van der Waals surface area contributed by atoms with Crippen molar-refractivity contribution in [1.82, 2.24) is 0 Å². The van der Waals surface area contributed by atoms with Crippen molar-refractivity contribution in [2.24, 2.45) is 5.92 Å². The molecule has 0 unspecified atom stereocenters. The first kappa shape index (κ1) is 32.5. The Hall–Kier alpha value is -3.92. The Morgan fingerprint density at radius 3 is 1.04 bits per heavy atom. The average Bonchev–Trinajstić information content (AvgIpc) is 2.91. The number of hydrogen-bond acceptors (Lipinski definition) is 4. The minimum absolute atomic E-state index is 0.0680. The van der Waals surface area contributed by atoms with E-state index in [2.05, 4.69) is 79.7 Å². The van der Waals surface area contributed by atoms with Gasteiger partial charge in [0.05, 0.1) is 0 Å². The van der Waals surface area contributed by atoms with E-state index in [0.29, 0.717) is 19.3 Å². The number of aromatic hydroxyl groups is 4.